The number of imidazole rings is 1. The van der Waals surface area contributed by atoms with Crippen LogP contribution in [0.1, 0.15) is 19.8 Å². The Hall–Kier alpha value is -2.26. The number of piperidine rings is 1. The average molecular weight is 350 g/mol. The van der Waals surface area contributed by atoms with Crippen LogP contribution in [0.25, 0.3) is 5.69 Å². The Kier molecular flexibility index (Phi) is 4.37. The molecule has 24 heavy (non-hydrogen) atoms. The van der Waals surface area contributed by atoms with Crippen molar-refractivity contribution >= 4 is 15.7 Å². The van der Waals surface area contributed by atoms with Gasteiger partial charge >= 0.3 is 0 Å². The van der Waals surface area contributed by atoms with Gasteiger partial charge in [0.25, 0.3) is 5.69 Å². The van der Waals surface area contributed by atoms with Gasteiger partial charge in [0, 0.05) is 31.5 Å². The molecule has 128 valence electrons. The van der Waals surface area contributed by atoms with Crippen LogP contribution in [-0.2, 0) is 10.0 Å². The lowest BCUT2D eigenvalue weighted by molar-refractivity contribution is -0.384. The van der Waals surface area contributed by atoms with Crippen LogP contribution in [0.4, 0.5) is 5.69 Å². The summed E-state index contributed by atoms with van der Waals surface area (Å²) in [5.74, 6) is 0.286. The molecule has 1 aliphatic heterocycles. The van der Waals surface area contributed by atoms with Crippen LogP contribution in [0, 0.1) is 16.0 Å². The molecule has 0 radical (unpaired) electrons. The van der Waals surface area contributed by atoms with Crippen molar-refractivity contribution in [1.82, 2.24) is 13.9 Å². The molecule has 1 saturated heterocycles. The first-order valence-corrected chi connectivity index (χ1v) is 9.10. The van der Waals surface area contributed by atoms with Gasteiger partial charge in [-0.15, -0.1) is 0 Å². The van der Waals surface area contributed by atoms with E-state index in [1.54, 1.807) is 6.20 Å². The molecule has 9 heteroatoms. The standard InChI is InChI=1S/C15H18N4O4S/c1-12-3-2-7-18(10-12)24(22,23)13-4-5-14(15(9-13)19(20)21)17-8-6-16-11-17/h4-6,8-9,11-12H,2-3,7,10H2,1H3. The van der Waals surface area contributed by atoms with E-state index in [1.165, 1.54) is 33.5 Å². The number of benzene rings is 1. The summed E-state index contributed by atoms with van der Waals surface area (Å²) in [4.78, 5) is 14.6. The van der Waals surface area contributed by atoms with Gasteiger partial charge < -0.3 is 4.57 Å². The second-order valence-corrected chi connectivity index (χ2v) is 7.93. The van der Waals surface area contributed by atoms with Crippen molar-refractivity contribution in [1.29, 1.82) is 0 Å². The molecule has 0 amide bonds. The first-order chi connectivity index (χ1) is 11.4. The number of nitrogens with zero attached hydrogens (tertiary/aromatic N) is 4. The monoisotopic (exact) mass is 350 g/mol. The predicted molar refractivity (Wildman–Crippen MR) is 87.4 cm³/mol. The third-order valence-corrected chi connectivity index (χ3v) is 6.04. The van der Waals surface area contributed by atoms with Crippen molar-refractivity contribution in [2.24, 2.45) is 5.92 Å². The summed E-state index contributed by atoms with van der Waals surface area (Å²) in [6, 6.07) is 3.99. The summed E-state index contributed by atoms with van der Waals surface area (Å²) in [6.45, 7) is 2.90. The molecule has 2 heterocycles. The third-order valence-electron chi connectivity index (χ3n) is 4.18. The van der Waals surface area contributed by atoms with Crippen LogP contribution in [-0.4, -0.2) is 40.3 Å². The van der Waals surface area contributed by atoms with E-state index in [2.05, 4.69) is 4.98 Å². The lowest BCUT2D eigenvalue weighted by Gasteiger charge is -2.30. The largest absolute Gasteiger partial charge is 0.300 e. The number of sulfonamides is 1. The zero-order valence-electron chi connectivity index (χ0n) is 13.2. The van der Waals surface area contributed by atoms with Gasteiger partial charge in [-0.05, 0) is 30.9 Å². The van der Waals surface area contributed by atoms with Gasteiger partial charge in [0.05, 0.1) is 16.1 Å². The molecule has 1 atom stereocenters. The van der Waals surface area contributed by atoms with Gasteiger partial charge in [-0.2, -0.15) is 4.31 Å². The van der Waals surface area contributed by atoms with Gasteiger partial charge in [0.2, 0.25) is 10.0 Å². The zero-order valence-corrected chi connectivity index (χ0v) is 14.0. The van der Waals surface area contributed by atoms with Crippen molar-refractivity contribution in [3.63, 3.8) is 0 Å². The Morgan fingerprint density at radius 3 is 2.79 bits per heavy atom. The first kappa shape index (κ1) is 16.6. The van der Waals surface area contributed by atoms with Crippen molar-refractivity contribution in [2.75, 3.05) is 13.1 Å². The summed E-state index contributed by atoms with van der Waals surface area (Å²) < 4.78 is 28.5. The fourth-order valence-electron chi connectivity index (χ4n) is 2.94. The number of nitro benzene ring substituents is 1. The lowest BCUT2D eigenvalue weighted by atomic mass is 10.0. The van der Waals surface area contributed by atoms with Crippen LogP contribution in [0.15, 0.2) is 41.8 Å². The Morgan fingerprint density at radius 2 is 2.17 bits per heavy atom. The number of rotatable bonds is 4. The van der Waals surface area contributed by atoms with E-state index in [0.29, 0.717) is 13.1 Å². The van der Waals surface area contributed by atoms with Gasteiger partial charge in [0.1, 0.15) is 5.69 Å². The van der Waals surface area contributed by atoms with Crippen molar-refractivity contribution < 1.29 is 13.3 Å². The highest BCUT2D eigenvalue weighted by Gasteiger charge is 2.30. The maximum atomic E-state index is 12.8. The van der Waals surface area contributed by atoms with Crippen LogP contribution < -0.4 is 0 Å². The molecule has 1 unspecified atom stereocenters. The topological polar surface area (TPSA) is 98.3 Å². The van der Waals surface area contributed by atoms with Crippen molar-refractivity contribution in [2.45, 2.75) is 24.7 Å². The lowest BCUT2D eigenvalue weighted by Crippen LogP contribution is -2.39. The number of aromatic nitrogens is 2. The fourth-order valence-corrected chi connectivity index (χ4v) is 4.56. The Balaban J connectivity index is 2.03. The molecular formula is C15H18N4O4S. The molecule has 1 aliphatic rings. The third kappa shape index (κ3) is 3.04. The highest BCUT2D eigenvalue weighted by Crippen LogP contribution is 2.29. The summed E-state index contributed by atoms with van der Waals surface area (Å²) in [6.07, 6.45) is 6.30. The van der Waals surface area contributed by atoms with Crippen molar-refractivity contribution in [3.05, 3.63) is 47.0 Å². The van der Waals surface area contributed by atoms with Gasteiger partial charge in [0.15, 0.2) is 0 Å². The Morgan fingerprint density at radius 1 is 1.38 bits per heavy atom. The quantitative estimate of drug-likeness (QED) is 0.622. The molecule has 0 bridgehead atoms. The molecule has 2 aromatic rings. The number of hydrogen-bond acceptors (Lipinski definition) is 5. The molecule has 0 aliphatic carbocycles. The van der Waals surface area contributed by atoms with Crippen molar-refractivity contribution in [3.8, 4) is 5.69 Å². The van der Waals surface area contributed by atoms with Crippen LogP contribution in [0.2, 0.25) is 0 Å². The second-order valence-electron chi connectivity index (χ2n) is 5.99. The first-order valence-electron chi connectivity index (χ1n) is 7.66. The minimum absolute atomic E-state index is 0.0489. The molecule has 0 N–H and O–H groups in total. The average Bonchev–Trinajstić information content (AvgIpc) is 3.08. The van der Waals surface area contributed by atoms with E-state index in [1.807, 2.05) is 6.92 Å². The number of hydrogen-bond donors (Lipinski definition) is 0. The van der Waals surface area contributed by atoms with E-state index in [0.717, 1.165) is 18.9 Å². The van der Waals surface area contributed by atoms with Crippen LogP contribution >= 0.6 is 0 Å². The molecule has 1 aromatic heterocycles. The minimum atomic E-state index is -3.73. The van der Waals surface area contributed by atoms with Crippen LogP contribution in [0.5, 0.6) is 0 Å². The summed E-state index contributed by atoms with van der Waals surface area (Å²) in [5, 5.41) is 11.4. The molecule has 0 spiro atoms. The SMILES string of the molecule is CC1CCCN(S(=O)(=O)c2ccc(-n3ccnc3)c([N+](=O)[O-])c2)C1. The normalized spacial score (nSPS) is 19.3. The predicted octanol–water partition coefficient (Wildman–Crippen LogP) is 2.20. The Labute approximate surface area is 139 Å². The molecule has 1 aromatic carbocycles. The van der Waals surface area contributed by atoms with E-state index in [-0.39, 0.29) is 22.2 Å². The van der Waals surface area contributed by atoms with E-state index >= 15 is 0 Å². The smallest absolute Gasteiger partial charge is 0.294 e. The maximum Gasteiger partial charge on any atom is 0.294 e. The highest BCUT2D eigenvalue weighted by molar-refractivity contribution is 7.89. The van der Waals surface area contributed by atoms with Gasteiger partial charge in [-0.25, -0.2) is 13.4 Å². The van der Waals surface area contributed by atoms with E-state index in [4.69, 9.17) is 0 Å². The van der Waals surface area contributed by atoms with Gasteiger partial charge in [-0.3, -0.25) is 10.1 Å². The number of nitro groups is 1. The van der Waals surface area contributed by atoms with E-state index < -0.39 is 14.9 Å². The summed E-state index contributed by atoms with van der Waals surface area (Å²) in [5.41, 5.74) is 0.0163. The molecular weight excluding hydrogens is 332 g/mol. The molecule has 1 fully saturated rings. The Bertz CT molecular complexity index is 848. The second kappa shape index (κ2) is 6.33. The van der Waals surface area contributed by atoms with Crippen LogP contribution in [0.3, 0.4) is 0 Å². The maximum absolute atomic E-state index is 12.8. The molecule has 0 saturated carbocycles. The molecule has 8 nitrogen and oxygen atoms in total. The van der Waals surface area contributed by atoms with E-state index in [9.17, 15) is 18.5 Å². The summed E-state index contributed by atoms with van der Waals surface area (Å²) >= 11 is 0. The molecule has 3 rings (SSSR count). The highest BCUT2D eigenvalue weighted by atomic mass is 32.2. The fraction of sp³-hybridized carbons (Fsp3) is 0.400. The minimum Gasteiger partial charge on any atom is -0.300 e. The summed E-state index contributed by atoms with van der Waals surface area (Å²) in [7, 11) is -3.73. The zero-order chi connectivity index (χ0) is 17.3. The van der Waals surface area contributed by atoms with Gasteiger partial charge in [-0.1, -0.05) is 6.92 Å².